The third kappa shape index (κ3) is 3.82. The summed E-state index contributed by atoms with van der Waals surface area (Å²) in [6.45, 7) is 3.28. The molecule has 0 saturated heterocycles. The Bertz CT molecular complexity index is 669. The number of nitrogens with one attached hydrogen (secondary N) is 2. The lowest BCUT2D eigenvalue weighted by molar-refractivity contribution is -0.117. The van der Waals surface area contributed by atoms with Gasteiger partial charge in [0.1, 0.15) is 11.8 Å². The second kappa shape index (κ2) is 6.41. The molecule has 0 aliphatic heterocycles. The number of hydrogen-bond donors (Lipinski definition) is 2. The van der Waals surface area contributed by atoms with Gasteiger partial charge in [-0.1, -0.05) is 28.9 Å². The first-order valence-electron chi connectivity index (χ1n) is 6.27. The molecule has 2 aromatic rings. The second-order valence-corrected chi connectivity index (χ2v) is 4.89. The number of rotatable bonds is 4. The molecule has 1 atom stereocenters. The molecule has 1 aromatic carbocycles. The molecule has 0 spiro atoms. The van der Waals surface area contributed by atoms with E-state index in [0.717, 1.165) is 0 Å². The number of carbonyl (C=O) groups is 2. The van der Waals surface area contributed by atoms with Gasteiger partial charge in [0.25, 0.3) is 5.91 Å². The van der Waals surface area contributed by atoms with Crippen LogP contribution >= 0.6 is 11.6 Å². The summed E-state index contributed by atoms with van der Waals surface area (Å²) in [5, 5.41) is 9.09. The topological polar surface area (TPSA) is 84.2 Å². The minimum Gasteiger partial charge on any atom is -0.360 e. The molecular weight excluding hydrogens is 294 g/mol. The lowest BCUT2D eigenvalue weighted by Crippen LogP contribution is -2.41. The van der Waals surface area contributed by atoms with E-state index in [9.17, 15) is 9.59 Å². The van der Waals surface area contributed by atoms with Crippen LogP contribution in [0.2, 0.25) is 5.02 Å². The van der Waals surface area contributed by atoms with Crippen LogP contribution < -0.4 is 10.6 Å². The van der Waals surface area contributed by atoms with Gasteiger partial charge >= 0.3 is 0 Å². The van der Waals surface area contributed by atoms with Gasteiger partial charge in [-0.2, -0.15) is 0 Å². The Morgan fingerprint density at radius 3 is 2.67 bits per heavy atom. The van der Waals surface area contributed by atoms with Gasteiger partial charge in [0.2, 0.25) is 5.91 Å². The van der Waals surface area contributed by atoms with Crippen molar-refractivity contribution >= 4 is 29.2 Å². The average Bonchev–Trinajstić information content (AvgIpc) is 2.84. The van der Waals surface area contributed by atoms with Crippen LogP contribution in [-0.4, -0.2) is 23.0 Å². The minimum atomic E-state index is -0.745. The van der Waals surface area contributed by atoms with Crippen LogP contribution in [0.3, 0.4) is 0 Å². The van der Waals surface area contributed by atoms with Crippen LogP contribution in [0.15, 0.2) is 34.9 Å². The van der Waals surface area contributed by atoms with Gasteiger partial charge in [0.15, 0.2) is 5.82 Å². The van der Waals surface area contributed by atoms with Crippen LogP contribution in [0.25, 0.3) is 0 Å². The van der Waals surface area contributed by atoms with Crippen molar-refractivity contribution in [2.75, 3.05) is 5.32 Å². The van der Waals surface area contributed by atoms with Crippen LogP contribution in [0.5, 0.6) is 0 Å². The van der Waals surface area contributed by atoms with Gasteiger partial charge in [-0.25, -0.2) is 0 Å². The molecule has 0 unspecified atom stereocenters. The quantitative estimate of drug-likeness (QED) is 0.908. The van der Waals surface area contributed by atoms with Crippen molar-refractivity contribution in [1.82, 2.24) is 10.5 Å². The summed E-state index contributed by atoms with van der Waals surface area (Å²) in [6.07, 6.45) is 0. The molecule has 110 valence electrons. The van der Waals surface area contributed by atoms with E-state index in [2.05, 4.69) is 15.8 Å². The molecule has 0 bridgehead atoms. The number of carbonyl (C=O) groups excluding carboxylic acids is 2. The van der Waals surface area contributed by atoms with Crippen molar-refractivity contribution in [3.63, 3.8) is 0 Å². The first kappa shape index (κ1) is 15.1. The number of nitrogens with zero attached hydrogens (tertiary/aromatic N) is 1. The second-order valence-electron chi connectivity index (χ2n) is 4.49. The molecule has 0 aliphatic carbocycles. The van der Waals surface area contributed by atoms with Crippen molar-refractivity contribution in [1.29, 1.82) is 0 Å². The highest BCUT2D eigenvalue weighted by atomic mass is 35.5. The first-order chi connectivity index (χ1) is 9.97. The summed E-state index contributed by atoms with van der Waals surface area (Å²) >= 11 is 5.93. The first-order valence-corrected chi connectivity index (χ1v) is 6.64. The van der Waals surface area contributed by atoms with Gasteiger partial charge in [-0.05, 0) is 26.0 Å². The fraction of sp³-hybridized carbons (Fsp3) is 0.214. The molecule has 21 heavy (non-hydrogen) atoms. The zero-order chi connectivity index (χ0) is 15.4. The number of amides is 2. The van der Waals surface area contributed by atoms with Gasteiger partial charge in [-0.3, -0.25) is 9.59 Å². The molecule has 2 rings (SSSR count). The summed E-state index contributed by atoms with van der Waals surface area (Å²) in [7, 11) is 0. The molecule has 1 aromatic heterocycles. The van der Waals surface area contributed by atoms with Gasteiger partial charge in [0, 0.05) is 6.07 Å². The van der Waals surface area contributed by atoms with E-state index in [0.29, 0.717) is 22.2 Å². The van der Waals surface area contributed by atoms with Crippen molar-refractivity contribution in [3.8, 4) is 0 Å². The van der Waals surface area contributed by atoms with Crippen LogP contribution in [0, 0.1) is 6.92 Å². The summed E-state index contributed by atoms with van der Waals surface area (Å²) < 4.78 is 4.84. The number of hydrogen-bond acceptors (Lipinski definition) is 4. The Morgan fingerprint density at radius 2 is 2.05 bits per heavy atom. The standard InChI is InChI=1S/C14H14ClN3O3/c1-8-7-12(18-21-8)17-13(19)9(2)16-14(20)10-5-3-4-6-11(10)15/h3-7,9H,1-2H3,(H,16,20)(H,17,18,19)/t9-/m1/s1. The Labute approximate surface area is 126 Å². The Morgan fingerprint density at radius 1 is 1.33 bits per heavy atom. The molecule has 0 fully saturated rings. The minimum absolute atomic E-state index is 0.302. The largest absolute Gasteiger partial charge is 0.360 e. The van der Waals surface area contributed by atoms with Crippen LogP contribution in [0.4, 0.5) is 5.82 Å². The van der Waals surface area contributed by atoms with Crippen molar-refractivity contribution < 1.29 is 14.1 Å². The fourth-order valence-corrected chi connectivity index (χ4v) is 1.87. The highest BCUT2D eigenvalue weighted by molar-refractivity contribution is 6.33. The van der Waals surface area contributed by atoms with Crippen molar-refractivity contribution in [3.05, 3.63) is 46.7 Å². The maximum atomic E-state index is 12.0. The summed E-state index contributed by atoms with van der Waals surface area (Å²) in [4.78, 5) is 24.0. The Hall–Kier alpha value is -2.34. The predicted octanol–water partition coefficient (Wildman–Crippen LogP) is 2.39. The van der Waals surface area contributed by atoms with Crippen molar-refractivity contribution in [2.45, 2.75) is 19.9 Å². The van der Waals surface area contributed by atoms with Crippen molar-refractivity contribution in [2.24, 2.45) is 0 Å². The molecular formula is C14H14ClN3O3. The van der Waals surface area contributed by atoms with E-state index >= 15 is 0 Å². The van der Waals surface area contributed by atoms with Gasteiger partial charge in [-0.15, -0.1) is 0 Å². The van der Waals surface area contributed by atoms with Gasteiger partial charge < -0.3 is 15.2 Å². The normalized spacial score (nSPS) is 11.8. The molecule has 7 heteroatoms. The summed E-state index contributed by atoms with van der Waals surface area (Å²) in [5.74, 6) is 0.0673. The maximum Gasteiger partial charge on any atom is 0.253 e. The van der Waals surface area contributed by atoms with E-state index in [1.54, 1.807) is 44.2 Å². The zero-order valence-electron chi connectivity index (χ0n) is 11.5. The smallest absolute Gasteiger partial charge is 0.253 e. The number of benzene rings is 1. The van der Waals surface area contributed by atoms with E-state index in [1.807, 2.05) is 0 Å². The van der Waals surface area contributed by atoms with E-state index in [1.165, 1.54) is 0 Å². The Kier molecular flexibility index (Phi) is 4.59. The molecule has 2 amide bonds. The van der Waals surface area contributed by atoms with Gasteiger partial charge in [0.05, 0.1) is 10.6 Å². The van der Waals surface area contributed by atoms with E-state index in [-0.39, 0.29) is 0 Å². The highest BCUT2D eigenvalue weighted by Gasteiger charge is 2.19. The maximum absolute atomic E-state index is 12.0. The third-order valence-corrected chi connectivity index (χ3v) is 3.07. The predicted molar refractivity (Wildman–Crippen MR) is 78.2 cm³/mol. The molecule has 0 saturated carbocycles. The molecule has 0 aliphatic rings. The monoisotopic (exact) mass is 307 g/mol. The molecule has 2 N–H and O–H groups in total. The highest BCUT2D eigenvalue weighted by Crippen LogP contribution is 2.15. The summed E-state index contributed by atoms with van der Waals surface area (Å²) in [6, 6.07) is 7.46. The molecule has 1 heterocycles. The third-order valence-electron chi connectivity index (χ3n) is 2.74. The average molecular weight is 308 g/mol. The van der Waals surface area contributed by atoms with Crippen LogP contribution in [0.1, 0.15) is 23.0 Å². The fourth-order valence-electron chi connectivity index (χ4n) is 1.65. The summed E-state index contributed by atoms with van der Waals surface area (Å²) in [5.41, 5.74) is 0.316. The Balaban J connectivity index is 1.97. The number of halogens is 1. The van der Waals surface area contributed by atoms with E-state index in [4.69, 9.17) is 16.1 Å². The molecule has 6 nitrogen and oxygen atoms in total. The van der Waals surface area contributed by atoms with Crippen LogP contribution in [-0.2, 0) is 4.79 Å². The number of aryl methyl sites for hydroxylation is 1. The lowest BCUT2D eigenvalue weighted by Gasteiger charge is -2.13. The SMILES string of the molecule is Cc1cc(NC(=O)[C@@H](C)NC(=O)c2ccccc2Cl)no1. The number of anilines is 1. The molecule has 0 radical (unpaired) electrons. The zero-order valence-corrected chi connectivity index (χ0v) is 12.3. The number of aromatic nitrogens is 1. The lowest BCUT2D eigenvalue weighted by atomic mass is 10.2. The van der Waals surface area contributed by atoms with E-state index < -0.39 is 17.9 Å².